The number of rotatable bonds is 2. The van der Waals surface area contributed by atoms with Crippen LogP contribution in [0.5, 0.6) is 0 Å². The second kappa shape index (κ2) is 4.53. The molecule has 0 amide bonds. The number of carboxylic acid groups (broad SMARTS) is 1. The maximum Gasteiger partial charge on any atom is 0.307 e. The summed E-state index contributed by atoms with van der Waals surface area (Å²) < 4.78 is 0. The first-order valence-corrected chi connectivity index (χ1v) is 5.59. The average molecular weight is 230 g/mol. The summed E-state index contributed by atoms with van der Waals surface area (Å²) in [5.74, 6) is -1.57. The number of carboxylic acids is 1. The van der Waals surface area contributed by atoms with Crippen molar-refractivity contribution in [3.63, 3.8) is 0 Å². The van der Waals surface area contributed by atoms with Crippen LogP contribution in [0.4, 0.5) is 0 Å². The minimum Gasteiger partial charge on any atom is -0.481 e. The summed E-state index contributed by atoms with van der Waals surface area (Å²) in [6.07, 6.45) is 2.12. The maximum absolute atomic E-state index is 11.5. The molecule has 3 nitrogen and oxygen atoms in total. The minimum atomic E-state index is -0.893. The summed E-state index contributed by atoms with van der Waals surface area (Å²) in [6.45, 7) is 1.99. The van der Waals surface area contributed by atoms with Gasteiger partial charge in [0.25, 0.3) is 0 Å². The highest BCUT2D eigenvalue weighted by atomic mass is 16.4. The third kappa shape index (κ3) is 2.61. The summed E-state index contributed by atoms with van der Waals surface area (Å²) in [6, 6.07) is 7.79. The predicted molar refractivity (Wildman–Crippen MR) is 64.5 cm³/mol. The molecule has 0 radical (unpaired) electrons. The molecule has 17 heavy (non-hydrogen) atoms. The molecule has 1 aromatic carbocycles. The van der Waals surface area contributed by atoms with Gasteiger partial charge in [-0.1, -0.05) is 29.8 Å². The second-order valence-electron chi connectivity index (χ2n) is 4.45. The Hall–Kier alpha value is -1.90. The van der Waals surface area contributed by atoms with Gasteiger partial charge in [0.1, 0.15) is 0 Å². The Kier molecular flexibility index (Phi) is 3.09. The van der Waals surface area contributed by atoms with Crippen molar-refractivity contribution in [3.8, 4) is 0 Å². The Morgan fingerprint density at radius 3 is 2.47 bits per heavy atom. The van der Waals surface area contributed by atoms with E-state index in [1.54, 1.807) is 6.08 Å². The Morgan fingerprint density at radius 2 is 1.88 bits per heavy atom. The smallest absolute Gasteiger partial charge is 0.307 e. The van der Waals surface area contributed by atoms with Crippen molar-refractivity contribution >= 4 is 17.3 Å². The van der Waals surface area contributed by atoms with Crippen molar-refractivity contribution in [2.24, 2.45) is 5.92 Å². The van der Waals surface area contributed by atoms with Crippen molar-refractivity contribution in [2.45, 2.75) is 19.8 Å². The summed E-state index contributed by atoms with van der Waals surface area (Å²) in [4.78, 5) is 22.4. The fraction of sp³-hybridized carbons (Fsp3) is 0.286. The lowest BCUT2D eigenvalue weighted by Crippen LogP contribution is -2.21. The first kappa shape index (κ1) is 11.6. The molecule has 0 unspecified atom stereocenters. The van der Waals surface area contributed by atoms with Gasteiger partial charge in [0.05, 0.1) is 5.92 Å². The zero-order valence-corrected chi connectivity index (χ0v) is 9.64. The van der Waals surface area contributed by atoms with Gasteiger partial charge in [-0.15, -0.1) is 0 Å². The molecule has 1 aromatic rings. The summed E-state index contributed by atoms with van der Waals surface area (Å²) in [5, 5.41) is 8.99. The Labute approximate surface area is 99.8 Å². The molecule has 0 saturated carbocycles. The summed E-state index contributed by atoms with van der Waals surface area (Å²) in [7, 11) is 0. The first-order chi connectivity index (χ1) is 8.06. The van der Waals surface area contributed by atoms with E-state index in [0.29, 0.717) is 6.42 Å². The first-order valence-electron chi connectivity index (χ1n) is 5.59. The quantitative estimate of drug-likeness (QED) is 0.849. The standard InChI is InChI=1S/C14H14O3/c1-9-2-4-10(5-3-9)11-6-12(14(16)17)8-13(15)7-11/h2-5,7,12H,6,8H2,1H3,(H,16,17)/t12-/m1/s1. The number of aryl methyl sites for hydroxylation is 1. The van der Waals surface area contributed by atoms with E-state index >= 15 is 0 Å². The summed E-state index contributed by atoms with van der Waals surface area (Å²) in [5.41, 5.74) is 2.91. The Morgan fingerprint density at radius 1 is 1.24 bits per heavy atom. The van der Waals surface area contributed by atoms with Gasteiger partial charge in [-0.25, -0.2) is 0 Å². The van der Waals surface area contributed by atoms with E-state index in [0.717, 1.165) is 16.7 Å². The number of ketones is 1. The number of allylic oxidation sites excluding steroid dienone is 2. The van der Waals surface area contributed by atoms with Gasteiger partial charge >= 0.3 is 5.97 Å². The van der Waals surface area contributed by atoms with Gasteiger partial charge in [-0.05, 0) is 30.6 Å². The Bertz CT molecular complexity index is 483. The number of aliphatic carboxylic acids is 1. The molecule has 1 aliphatic carbocycles. The predicted octanol–water partition coefficient (Wildman–Crippen LogP) is 2.44. The van der Waals surface area contributed by atoms with E-state index in [1.165, 1.54) is 0 Å². The van der Waals surface area contributed by atoms with Crippen molar-refractivity contribution in [3.05, 3.63) is 41.5 Å². The fourth-order valence-electron chi connectivity index (χ4n) is 2.04. The van der Waals surface area contributed by atoms with Crippen LogP contribution >= 0.6 is 0 Å². The van der Waals surface area contributed by atoms with Crippen molar-refractivity contribution in [2.75, 3.05) is 0 Å². The molecule has 1 N–H and O–H groups in total. The highest BCUT2D eigenvalue weighted by Crippen LogP contribution is 2.29. The molecule has 0 bridgehead atoms. The largest absolute Gasteiger partial charge is 0.481 e. The molecule has 88 valence electrons. The molecule has 0 fully saturated rings. The number of hydrogen-bond donors (Lipinski definition) is 1. The monoisotopic (exact) mass is 230 g/mol. The number of carbonyl (C=O) groups excluding carboxylic acids is 1. The highest BCUT2D eigenvalue weighted by Gasteiger charge is 2.26. The van der Waals surface area contributed by atoms with Gasteiger partial charge < -0.3 is 5.11 Å². The van der Waals surface area contributed by atoms with Crippen molar-refractivity contribution in [1.82, 2.24) is 0 Å². The zero-order chi connectivity index (χ0) is 12.4. The fourth-order valence-corrected chi connectivity index (χ4v) is 2.04. The molecule has 0 spiro atoms. The SMILES string of the molecule is Cc1ccc(C2=CC(=O)C[C@H](C(=O)O)C2)cc1. The topological polar surface area (TPSA) is 54.4 Å². The molecular formula is C14H14O3. The zero-order valence-electron chi connectivity index (χ0n) is 9.64. The van der Waals surface area contributed by atoms with Crippen molar-refractivity contribution < 1.29 is 14.7 Å². The van der Waals surface area contributed by atoms with Crippen LogP contribution < -0.4 is 0 Å². The van der Waals surface area contributed by atoms with E-state index in [2.05, 4.69) is 0 Å². The number of hydrogen-bond acceptors (Lipinski definition) is 2. The van der Waals surface area contributed by atoms with Gasteiger partial charge in [-0.3, -0.25) is 9.59 Å². The molecule has 0 heterocycles. The molecule has 3 heteroatoms. The van der Waals surface area contributed by atoms with E-state index < -0.39 is 11.9 Å². The Balaban J connectivity index is 2.29. The van der Waals surface area contributed by atoms with Gasteiger partial charge in [0, 0.05) is 6.42 Å². The molecule has 1 aliphatic rings. The van der Waals surface area contributed by atoms with E-state index in [-0.39, 0.29) is 12.2 Å². The highest BCUT2D eigenvalue weighted by molar-refractivity contribution is 6.01. The second-order valence-corrected chi connectivity index (χ2v) is 4.45. The van der Waals surface area contributed by atoms with Crippen LogP contribution in [0.1, 0.15) is 24.0 Å². The van der Waals surface area contributed by atoms with Crippen molar-refractivity contribution in [1.29, 1.82) is 0 Å². The van der Waals surface area contributed by atoms with E-state index in [1.807, 2.05) is 31.2 Å². The lowest BCUT2D eigenvalue weighted by molar-refractivity contribution is -0.143. The minimum absolute atomic E-state index is 0.0979. The maximum atomic E-state index is 11.5. The molecule has 1 atom stereocenters. The summed E-state index contributed by atoms with van der Waals surface area (Å²) >= 11 is 0. The van der Waals surface area contributed by atoms with Gasteiger partial charge in [-0.2, -0.15) is 0 Å². The van der Waals surface area contributed by atoms with Gasteiger partial charge in [0.2, 0.25) is 0 Å². The van der Waals surface area contributed by atoms with Gasteiger partial charge in [0.15, 0.2) is 5.78 Å². The normalized spacial score (nSPS) is 19.9. The number of benzene rings is 1. The molecule has 2 rings (SSSR count). The third-order valence-corrected chi connectivity index (χ3v) is 3.02. The van der Waals surface area contributed by atoms with Crippen LogP contribution in [0, 0.1) is 12.8 Å². The molecule has 0 aliphatic heterocycles. The van der Waals surface area contributed by atoms with Crippen LogP contribution in [0.25, 0.3) is 5.57 Å². The number of carbonyl (C=O) groups is 2. The average Bonchev–Trinajstić information content (AvgIpc) is 2.29. The van der Waals surface area contributed by atoms with E-state index in [4.69, 9.17) is 5.11 Å². The van der Waals surface area contributed by atoms with Crippen LogP contribution in [0.2, 0.25) is 0 Å². The van der Waals surface area contributed by atoms with E-state index in [9.17, 15) is 9.59 Å². The lowest BCUT2D eigenvalue weighted by Gasteiger charge is -2.18. The van der Waals surface area contributed by atoms with Crippen LogP contribution in [0.15, 0.2) is 30.3 Å². The van der Waals surface area contributed by atoms with Crippen LogP contribution in [0.3, 0.4) is 0 Å². The third-order valence-electron chi connectivity index (χ3n) is 3.02. The lowest BCUT2D eigenvalue weighted by atomic mass is 9.85. The molecule has 0 saturated heterocycles. The molecular weight excluding hydrogens is 216 g/mol. The van der Waals surface area contributed by atoms with Crippen LogP contribution in [-0.2, 0) is 9.59 Å². The van der Waals surface area contributed by atoms with Crippen LogP contribution in [-0.4, -0.2) is 16.9 Å². The molecule has 0 aromatic heterocycles.